The van der Waals surface area contributed by atoms with Crippen LogP contribution >= 0.6 is 0 Å². The van der Waals surface area contributed by atoms with E-state index in [1.807, 2.05) is 74.5 Å². The summed E-state index contributed by atoms with van der Waals surface area (Å²) in [7, 11) is 0. The van der Waals surface area contributed by atoms with Gasteiger partial charge in [-0.2, -0.15) is 0 Å². The Hall–Kier alpha value is -3.70. The van der Waals surface area contributed by atoms with Gasteiger partial charge in [0.15, 0.2) is 5.76 Å². The first-order chi connectivity index (χ1) is 18.0. The SMILES string of the molecule is CCOC(=O)C1(c2ccccc2-c2ccc(-c3onc(C)c3C(O)CCCc3ccccc3)cc2)CC1. The Kier molecular flexibility index (Phi) is 7.24. The molecule has 0 radical (unpaired) electrons. The summed E-state index contributed by atoms with van der Waals surface area (Å²) >= 11 is 0. The lowest BCUT2D eigenvalue weighted by molar-refractivity contribution is -0.146. The Morgan fingerprint density at radius 1 is 1.00 bits per heavy atom. The Morgan fingerprint density at radius 2 is 1.68 bits per heavy atom. The van der Waals surface area contributed by atoms with Crippen LogP contribution in [0.1, 0.15) is 61.1 Å². The van der Waals surface area contributed by atoms with Crippen LogP contribution in [0.15, 0.2) is 83.4 Å². The van der Waals surface area contributed by atoms with Crippen LogP contribution in [0.25, 0.3) is 22.5 Å². The summed E-state index contributed by atoms with van der Waals surface area (Å²) in [5, 5.41) is 15.2. The maximum absolute atomic E-state index is 12.7. The number of hydrogen-bond donors (Lipinski definition) is 1. The van der Waals surface area contributed by atoms with Crippen molar-refractivity contribution in [2.45, 2.75) is 57.5 Å². The number of aliphatic hydroxyl groups is 1. The van der Waals surface area contributed by atoms with Gasteiger partial charge in [0.2, 0.25) is 0 Å². The molecule has 5 rings (SSSR count). The number of rotatable bonds is 10. The van der Waals surface area contributed by atoms with E-state index in [-0.39, 0.29) is 5.97 Å². The zero-order valence-electron chi connectivity index (χ0n) is 21.4. The highest BCUT2D eigenvalue weighted by Gasteiger charge is 2.53. The molecule has 1 fully saturated rings. The number of ether oxygens (including phenoxy) is 1. The molecule has 0 spiro atoms. The molecule has 1 atom stereocenters. The molecule has 1 heterocycles. The van der Waals surface area contributed by atoms with Gasteiger partial charge in [0.05, 0.1) is 29.4 Å². The topological polar surface area (TPSA) is 72.6 Å². The molecule has 3 aromatic carbocycles. The summed E-state index contributed by atoms with van der Waals surface area (Å²) < 4.78 is 11.1. The molecule has 5 heteroatoms. The smallest absolute Gasteiger partial charge is 0.316 e. The molecule has 0 bridgehead atoms. The van der Waals surface area contributed by atoms with Crippen LogP contribution in [0.4, 0.5) is 0 Å². The van der Waals surface area contributed by atoms with Gasteiger partial charge in [0.1, 0.15) is 0 Å². The van der Waals surface area contributed by atoms with E-state index in [1.165, 1.54) is 5.56 Å². The minimum Gasteiger partial charge on any atom is -0.465 e. The van der Waals surface area contributed by atoms with Crippen molar-refractivity contribution >= 4 is 5.97 Å². The fourth-order valence-electron chi connectivity index (χ4n) is 5.20. The molecule has 1 unspecified atom stereocenters. The van der Waals surface area contributed by atoms with E-state index >= 15 is 0 Å². The molecule has 1 aliphatic carbocycles. The lowest BCUT2D eigenvalue weighted by atomic mass is 9.87. The number of nitrogens with zero attached hydrogens (tertiary/aromatic N) is 1. The van der Waals surface area contributed by atoms with Crippen LogP contribution in [0.2, 0.25) is 0 Å². The summed E-state index contributed by atoms with van der Waals surface area (Å²) in [4.78, 5) is 12.7. The number of hydrogen-bond acceptors (Lipinski definition) is 5. The first kappa shape index (κ1) is 25.0. The molecule has 5 nitrogen and oxygen atoms in total. The van der Waals surface area contributed by atoms with Gasteiger partial charge in [-0.1, -0.05) is 84.0 Å². The minimum absolute atomic E-state index is 0.137. The van der Waals surface area contributed by atoms with Crippen LogP contribution in [-0.2, 0) is 21.4 Å². The number of benzene rings is 3. The second kappa shape index (κ2) is 10.7. The van der Waals surface area contributed by atoms with Crippen LogP contribution in [0.3, 0.4) is 0 Å². The monoisotopic (exact) mass is 495 g/mol. The van der Waals surface area contributed by atoms with Crippen molar-refractivity contribution in [3.8, 4) is 22.5 Å². The standard InChI is InChI=1S/C32H33NO4/c1-3-36-31(35)32(20-21-32)27-14-8-7-13-26(27)24-16-18-25(19-17-24)30-29(22(2)33-37-30)28(34)15-9-12-23-10-5-4-6-11-23/h4-8,10-11,13-14,16-19,28,34H,3,9,12,15,20-21H2,1-2H3. The average molecular weight is 496 g/mol. The quantitative estimate of drug-likeness (QED) is 0.241. The Morgan fingerprint density at radius 3 is 2.38 bits per heavy atom. The fraction of sp³-hybridized carbons (Fsp3) is 0.312. The van der Waals surface area contributed by atoms with Crippen molar-refractivity contribution in [3.05, 3.63) is 101 Å². The van der Waals surface area contributed by atoms with Gasteiger partial charge in [-0.3, -0.25) is 4.79 Å². The molecule has 1 saturated carbocycles. The second-order valence-electron chi connectivity index (χ2n) is 9.83. The minimum atomic E-state index is -0.648. The third kappa shape index (κ3) is 5.09. The molecule has 0 saturated heterocycles. The van der Waals surface area contributed by atoms with Crippen molar-refractivity contribution in [2.75, 3.05) is 6.61 Å². The predicted octanol–water partition coefficient (Wildman–Crippen LogP) is 6.97. The van der Waals surface area contributed by atoms with Gasteiger partial charge in [-0.25, -0.2) is 0 Å². The Bertz CT molecular complexity index is 1350. The van der Waals surface area contributed by atoms with Crippen LogP contribution in [0, 0.1) is 6.92 Å². The van der Waals surface area contributed by atoms with E-state index in [1.54, 1.807) is 0 Å². The third-order valence-electron chi connectivity index (χ3n) is 7.34. The summed E-state index contributed by atoms with van der Waals surface area (Å²) in [5.74, 6) is 0.469. The number of aromatic nitrogens is 1. The molecular formula is C32H33NO4. The molecular weight excluding hydrogens is 462 g/mol. The van der Waals surface area contributed by atoms with Crippen molar-refractivity contribution in [1.29, 1.82) is 0 Å². The van der Waals surface area contributed by atoms with E-state index in [2.05, 4.69) is 23.4 Å². The number of aliphatic hydroxyl groups excluding tert-OH is 1. The largest absolute Gasteiger partial charge is 0.465 e. The average Bonchev–Trinajstić information content (AvgIpc) is 3.65. The summed E-state index contributed by atoms with van der Waals surface area (Å²) in [6.07, 6.45) is 3.38. The Labute approximate surface area is 218 Å². The lowest BCUT2D eigenvalue weighted by Gasteiger charge is -2.18. The molecule has 0 aliphatic heterocycles. The molecule has 37 heavy (non-hydrogen) atoms. The fourth-order valence-corrected chi connectivity index (χ4v) is 5.20. The maximum Gasteiger partial charge on any atom is 0.316 e. The highest BCUT2D eigenvalue weighted by molar-refractivity contribution is 5.90. The zero-order chi connectivity index (χ0) is 25.8. The van der Waals surface area contributed by atoms with E-state index in [4.69, 9.17) is 9.26 Å². The Balaban J connectivity index is 1.36. The van der Waals surface area contributed by atoms with E-state index in [9.17, 15) is 9.90 Å². The van der Waals surface area contributed by atoms with Crippen molar-refractivity contribution in [2.24, 2.45) is 0 Å². The number of carbonyl (C=O) groups excluding carboxylic acids is 1. The highest BCUT2D eigenvalue weighted by Crippen LogP contribution is 2.52. The predicted molar refractivity (Wildman–Crippen MR) is 144 cm³/mol. The van der Waals surface area contributed by atoms with E-state index in [0.29, 0.717) is 24.5 Å². The third-order valence-corrected chi connectivity index (χ3v) is 7.34. The highest BCUT2D eigenvalue weighted by atomic mass is 16.5. The maximum atomic E-state index is 12.7. The van der Waals surface area contributed by atoms with Crippen LogP contribution in [-0.4, -0.2) is 22.8 Å². The van der Waals surface area contributed by atoms with E-state index < -0.39 is 11.5 Å². The number of carbonyl (C=O) groups is 1. The van der Waals surface area contributed by atoms with Gasteiger partial charge < -0.3 is 14.4 Å². The van der Waals surface area contributed by atoms with Gasteiger partial charge in [0, 0.05) is 5.56 Å². The molecule has 190 valence electrons. The summed E-state index contributed by atoms with van der Waals surface area (Å²) in [6, 6.07) is 26.5. The number of aryl methyl sites for hydroxylation is 2. The van der Waals surface area contributed by atoms with Crippen molar-refractivity contribution < 1.29 is 19.2 Å². The summed E-state index contributed by atoms with van der Waals surface area (Å²) in [5.41, 5.74) is 6.14. The normalized spacial score (nSPS) is 14.8. The van der Waals surface area contributed by atoms with Gasteiger partial charge in [0.25, 0.3) is 0 Å². The van der Waals surface area contributed by atoms with Crippen LogP contribution in [0.5, 0.6) is 0 Å². The molecule has 4 aromatic rings. The molecule has 1 aromatic heterocycles. The number of esters is 1. The molecule has 1 aliphatic rings. The van der Waals surface area contributed by atoms with Crippen molar-refractivity contribution in [3.63, 3.8) is 0 Å². The lowest BCUT2D eigenvalue weighted by Crippen LogP contribution is -2.23. The first-order valence-corrected chi connectivity index (χ1v) is 13.1. The molecule has 1 N–H and O–H groups in total. The summed E-state index contributed by atoms with van der Waals surface area (Å²) in [6.45, 7) is 4.10. The van der Waals surface area contributed by atoms with Crippen molar-refractivity contribution in [1.82, 2.24) is 5.16 Å². The van der Waals surface area contributed by atoms with Crippen LogP contribution < -0.4 is 0 Å². The first-order valence-electron chi connectivity index (χ1n) is 13.1. The zero-order valence-corrected chi connectivity index (χ0v) is 21.4. The van der Waals surface area contributed by atoms with Gasteiger partial charge in [-0.15, -0.1) is 0 Å². The molecule has 0 amide bonds. The second-order valence-corrected chi connectivity index (χ2v) is 9.83. The van der Waals surface area contributed by atoms with E-state index in [0.717, 1.165) is 53.5 Å². The van der Waals surface area contributed by atoms with Gasteiger partial charge in [-0.05, 0) is 68.2 Å². The van der Waals surface area contributed by atoms with Gasteiger partial charge >= 0.3 is 5.97 Å².